The van der Waals surface area contributed by atoms with E-state index >= 15 is 0 Å². The van der Waals surface area contributed by atoms with Crippen LogP contribution in [-0.2, 0) is 16.4 Å². The quantitative estimate of drug-likeness (QED) is 0.398. The first-order chi connectivity index (χ1) is 16.7. The van der Waals surface area contributed by atoms with Crippen LogP contribution in [0.15, 0.2) is 41.1 Å². The van der Waals surface area contributed by atoms with Gasteiger partial charge in [0.25, 0.3) is 5.91 Å². The first-order valence-corrected chi connectivity index (χ1v) is 15.2. The summed E-state index contributed by atoms with van der Waals surface area (Å²) in [4.78, 5) is 21.5. The molecule has 1 N–H and O–H groups in total. The molecule has 0 fully saturated rings. The van der Waals surface area contributed by atoms with E-state index in [1.807, 2.05) is 18.2 Å². The molecule has 36 heavy (non-hydrogen) atoms. The maximum Gasteiger partial charge on any atom is 0.256 e. The number of carbonyl (C=O) groups is 1. The number of para-hydroxylation sites is 1. The Labute approximate surface area is 214 Å². The highest BCUT2D eigenvalue weighted by molar-refractivity contribution is 6.74. The van der Waals surface area contributed by atoms with Gasteiger partial charge in [0.05, 0.1) is 30.3 Å². The van der Waals surface area contributed by atoms with Crippen molar-refractivity contribution in [1.82, 2.24) is 24.9 Å². The Hall–Kier alpha value is -2.82. The van der Waals surface area contributed by atoms with E-state index in [0.29, 0.717) is 54.7 Å². The van der Waals surface area contributed by atoms with Crippen LogP contribution in [0.3, 0.4) is 0 Å². The van der Waals surface area contributed by atoms with Gasteiger partial charge in [-0.1, -0.05) is 32.9 Å². The van der Waals surface area contributed by atoms with E-state index < -0.39 is 13.9 Å². The second-order valence-corrected chi connectivity index (χ2v) is 15.9. The highest BCUT2D eigenvalue weighted by atomic mass is 28.4. The van der Waals surface area contributed by atoms with E-state index in [1.54, 1.807) is 44.1 Å². The standard InChI is InChI=1S/C26H39N5O4Si/c1-19-23(26(5,6)33)29-22(35-19)13-16-30(17-18-34-36(7,8)25(2,3)4)24(32)20-11-9-10-12-21(20)31-27-14-15-28-31/h9-12,14-15,33H,13,16-18H2,1-8H3. The maximum absolute atomic E-state index is 13.8. The number of aliphatic hydroxyl groups is 1. The molecule has 0 aliphatic heterocycles. The van der Waals surface area contributed by atoms with Gasteiger partial charge in [0.1, 0.15) is 17.1 Å². The summed E-state index contributed by atoms with van der Waals surface area (Å²) in [5, 5.41) is 18.8. The minimum Gasteiger partial charge on any atom is -0.446 e. The molecule has 3 aromatic rings. The zero-order valence-corrected chi connectivity index (χ0v) is 23.7. The average molecular weight is 514 g/mol. The second-order valence-electron chi connectivity index (χ2n) is 11.1. The lowest BCUT2D eigenvalue weighted by molar-refractivity contribution is 0.0716. The number of nitrogens with zero attached hydrogens (tertiary/aromatic N) is 5. The second kappa shape index (κ2) is 10.7. The number of hydrogen-bond acceptors (Lipinski definition) is 7. The topological polar surface area (TPSA) is 107 Å². The van der Waals surface area contributed by atoms with Crippen LogP contribution in [0.4, 0.5) is 0 Å². The Kier molecular flexibility index (Phi) is 8.22. The fourth-order valence-corrected chi connectivity index (χ4v) is 4.67. The van der Waals surface area contributed by atoms with Gasteiger partial charge >= 0.3 is 0 Å². The van der Waals surface area contributed by atoms with Crippen LogP contribution < -0.4 is 0 Å². The normalized spacial score (nSPS) is 12.7. The summed E-state index contributed by atoms with van der Waals surface area (Å²) >= 11 is 0. The minimum atomic E-state index is -1.97. The minimum absolute atomic E-state index is 0.0727. The van der Waals surface area contributed by atoms with E-state index in [-0.39, 0.29) is 10.9 Å². The van der Waals surface area contributed by atoms with Crippen molar-refractivity contribution in [2.75, 3.05) is 19.7 Å². The summed E-state index contributed by atoms with van der Waals surface area (Å²) in [6.45, 7) is 17.4. The predicted molar refractivity (Wildman–Crippen MR) is 141 cm³/mol. The van der Waals surface area contributed by atoms with Crippen molar-refractivity contribution in [3.63, 3.8) is 0 Å². The van der Waals surface area contributed by atoms with Crippen molar-refractivity contribution in [2.45, 2.75) is 71.7 Å². The van der Waals surface area contributed by atoms with Gasteiger partial charge in [-0.05, 0) is 51.0 Å². The largest absolute Gasteiger partial charge is 0.446 e. The summed E-state index contributed by atoms with van der Waals surface area (Å²) in [5.74, 6) is 0.911. The lowest BCUT2D eigenvalue weighted by Gasteiger charge is -2.36. The average Bonchev–Trinajstić information content (AvgIpc) is 3.44. The van der Waals surface area contributed by atoms with Crippen molar-refractivity contribution in [3.8, 4) is 5.69 Å². The van der Waals surface area contributed by atoms with Crippen LogP contribution in [0.5, 0.6) is 0 Å². The molecule has 3 rings (SSSR count). The number of aryl methyl sites for hydroxylation is 1. The molecule has 9 nitrogen and oxygen atoms in total. The van der Waals surface area contributed by atoms with Crippen molar-refractivity contribution in [3.05, 3.63) is 59.6 Å². The summed E-state index contributed by atoms with van der Waals surface area (Å²) < 4.78 is 12.2. The number of hydrogen-bond donors (Lipinski definition) is 1. The molecule has 2 aromatic heterocycles. The van der Waals surface area contributed by atoms with Crippen LogP contribution >= 0.6 is 0 Å². The predicted octanol–water partition coefficient (Wildman–Crippen LogP) is 4.50. The highest BCUT2D eigenvalue weighted by Gasteiger charge is 2.37. The van der Waals surface area contributed by atoms with Crippen LogP contribution in [0, 0.1) is 6.92 Å². The van der Waals surface area contributed by atoms with Gasteiger partial charge in [0.15, 0.2) is 14.2 Å². The SMILES string of the molecule is Cc1oc(CCN(CCO[Si](C)(C)C(C)(C)C)C(=O)c2ccccc2-n2nccn2)nc1C(C)(C)O. The van der Waals surface area contributed by atoms with Crippen LogP contribution in [0.25, 0.3) is 5.69 Å². The smallest absolute Gasteiger partial charge is 0.256 e. The molecule has 0 saturated heterocycles. The molecule has 10 heteroatoms. The lowest BCUT2D eigenvalue weighted by atomic mass is 10.0. The van der Waals surface area contributed by atoms with E-state index in [9.17, 15) is 9.90 Å². The summed E-state index contributed by atoms with van der Waals surface area (Å²) in [5.41, 5.74) is 0.515. The van der Waals surface area contributed by atoms with Gasteiger partial charge < -0.3 is 18.8 Å². The van der Waals surface area contributed by atoms with Crippen molar-refractivity contribution < 1.29 is 18.7 Å². The van der Waals surface area contributed by atoms with Gasteiger partial charge in [0.2, 0.25) is 0 Å². The van der Waals surface area contributed by atoms with Gasteiger partial charge in [-0.15, -0.1) is 0 Å². The van der Waals surface area contributed by atoms with Crippen molar-refractivity contribution in [1.29, 1.82) is 0 Å². The number of carbonyl (C=O) groups excluding carboxylic acids is 1. The maximum atomic E-state index is 13.8. The molecule has 0 aliphatic carbocycles. The Morgan fingerprint density at radius 1 is 1.11 bits per heavy atom. The number of aromatic nitrogens is 4. The van der Waals surface area contributed by atoms with E-state index in [2.05, 4.69) is 49.0 Å². The summed E-state index contributed by atoms with van der Waals surface area (Å²) in [6, 6.07) is 7.29. The Balaban J connectivity index is 1.84. The highest BCUT2D eigenvalue weighted by Crippen LogP contribution is 2.36. The number of benzene rings is 1. The molecule has 1 amide bonds. The Morgan fingerprint density at radius 2 is 1.75 bits per heavy atom. The molecular formula is C26H39N5O4Si. The molecule has 1 aromatic carbocycles. The van der Waals surface area contributed by atoms with Crippen molar-refractivity contribution >= 4 is 14.2 Å². The zero-order chi connectivity index (χ0) is 26.7. The molecule has 0 bridgehead atoms. The van der Waals surface area contributed by atoms with Crippen LogP contribution in [0.2, 0.25) is 18.1 Å². The van der Waals surface area contributed by atoms with Gasteiger partial charge in [-0.2, -0.15) is 15.0 Å². The van der Waals surface area contributed by atoms with Crippen LogP contribution in [0.1, 0.15) is 62.3 Å². The molecule has 0 radical (unpaired) electrons. The fourth-order valence-electron chi connectivity index (χ4n) is 3.64. The molecule has 0 spiro atoms. The third kappa shape index (κ3) is 6.48. The van der Waals surface area contributed by atoms with Crippen LogP contribution in [-0.4, -0.2) is 63.9 Å². The van der Waals surface area contributed by atoms with Gasteiger partial charge in [0, 0.05) is 19.5 Å². The molecular weight excluding hydrogens is 474 g/mol. The fraction of sp³-hybridized carbons (Fsp3) is 0.538. The van der Waals surface area contributed by atoms with Crippen molar-refractivity contribution in [2.24, 2.45) is 0 Å². The lowest BCUT2D eigenvalue weighted by Crippen LogP contribution is -2.44. The Bertz CT molecular complexity index is 1160. The first-order valence-electron chi connectivity index (χ1n) is 12.3. The summed E-state index contributed by atoms with van der Waals surface area (Å²) in [6.07, 6.45) is 3.57. The van der Waals surface area contributed by atoms with E-state index in [1.165, 1.54) is 4.80 Å². The monoisotopic (exact) mass is 513 g/mol. The number of oxazole rings is 1. The molecule has 196 valence electrons. The molecule has 0 saturated carbocycles. The molecule has 2 heterocycles. The third-order valence-electron chi connectivity index (χ3n) is 6.70. The summed E-state index contributed by atoms with van der Waals surface area (Å²) in [7, 11) is -1.97. The molecule has 0 unspecified atom stereocenters. The Morgan fingerprint density at radius 3 is 2.33 bits per heavy atom. The number of amides is 1. The first kappa shape index (κ1) is 27.8. The van der Waals surface area contributed by atoms with E-state index in [4.69, 9.17) is 8.84 Å². The number of rotatable bonds is 10. The molecule has 0 aliphatic rings. The zero-order valence-electron chi connectivity index (χ0n) is 22.7. The molecule has 0 atom stereocenters. The third-order valence-corrected chi connectivity index (χ3v) is 11.2. The van der Waals surface area contributed by atoms with Gasteiger partial charge in [-0.25, -0.2) is 4.98 Å². The van der Waals surface area contributed by atoms with Gasteiger partial charge in [-0.3, -0.25) is 4.79 Å². The van der Waals surface area contributed by atoms with E-state index in [0.717, 1.165) is 0 Å².